The van der Waals surface area contributed by atoms with Crippen molar-refractivity contribution in [3.63, 3.8) is 0 Å². The first-order valence-electron chi connectivity index (χ1n) is 7.28. The molecule has 1 atom stereocenters. The van der Waals surface area contributed by atoms with Crippen LogP contribution >= 0.6 is 0 Å². The molecule has 19 heavy (non-hydrogen) atoms. The molecule has 6 nitrogen and oxygen atoms in total. The molecule has 0 spiro atoms. The van der Waals surface area contributed by atoms with Crippen LogP contribution in [0.3, 0.4) is 0 Å². The topological polar surface area (TPSA) is 64.7 Å². The van der Waals surface area contributed by atoms with Crippen molar-refractivity contribution < 1.29 is 9.59 Å². The van der Waals surface area contributed by atoms with Crippen LogP contribution in [0, 0.1) is 0 Å². The van der Waals surface area contributed by atoms with Gasteiger partial charge < -0.3 is 15.5 Å². The maximum Gasteiger partial charge on any atom is 0.311 e. The van der Waals surface area contributed by atoms with Gasteiger partial charge in [0.25, 0.3) is 0 Å². The van der Waals surface area contributed by atoms with E-state index in [1.54, 1.807) is 4.90 Å². The van der Waals surface area contributed by atoms with Crippen LogP contribution in [0.1, 0.15) is 19.3 Å². The molecule has 3 fully saturated rings. The lowest BCUT2D eigenvalue weighted by molar-refractivity contribution is -0.146. The number of likely N-dealkylation sites (tertiary alicyclic amines) is 1. The van der Waals surface area contributed by atoms with E-state index in [-0.39, 0.29) is 11.9 Å². The standard InChI is InChI=1S/C13H22N4O2/c18-12(13(19)16-7-4-14-5-8-16)15-10-3-6-17(9-10)11-1-2-11/h10-11,14H,1-9H2,(H,15,18). The van der Waals surface area contributed by atoms with Crippen molar-refractivity contribution >= 4 is 11.8 Å². The molecule has 0 aromatic heterocycles. The third-order valence-electron chi connectivity index (χ3n) is 4.22. The second-order valence-electron chi connectivity index (χ2n) is 5.73. The van der Waals surface area contributed by atoms with Crippen LogP contribution in [-0.4, -0.2) is 73.0 Å². The molecule has 0 aromatic rings. The Labute approximate surface area is 113 Å². The Kier molecular flexibility index (Phi) is 3.70. The minimum atomic E-state index is -0.426. The van der Waals surface area contributed by atoms with E-state index in [4.69, 9.17) is 0 Å². The number of nitrogens with zero attached hydrogens (tertiary/aromatic N) is 2. The molecule has 0 bridgehead atoms. The summed E-state index contributed by atoms with van der Waals surface area (Å²) in [5.74, 6) is -0.795. The summed E-state index contributed by atoms with van der Waals surface area (Å²) in [7, 11) is 0. The van der Waals surface area contributed by atoms with Crippen molar-refractivity contribution in [3.05, 3.63) is 0 Å². The molecule has 2 saturated heterocycles. The van der Waals surface area contributed by atoms with Gasteiger partial charge >= 0.3 is 11.8 Å². The van der Waals surface area contributed by atoms with Gasteiger partial charge in [-0.3, -0.25) is 14.5 Å². The fourth-order valence-electron chi connectivity index (χ4n) is 2.94. The fourth-order valence-corrected chi connectivity index (χ4v) is 2.94. The molecular formula is C13H22N4O2. The average Bonchev–Trinajstić information content (AvgIpc) is 3.20. The molecule has 6 heteroatoms. The number of amides is 2. The highest BCUT2D eigenvalue weighted by atomic mass is 16.2. The molecule has 1 aliphatic carbocycles. The lowest BCUT2D eigenvalue weighted by Gasteiger charge is -2.27. The van der Waals surface area contributed by atoms with E-state index in [1.807, 2.05) is 0 Å². The van der Waals surface area contributed by atoms with Crippen LogP contribution in [0.15, 0.2) is 0 Å². The van der Waals surface area contributed by atoms with Gasteiger partial charge in [-0.1, -0.05) is 0 Å². The highest BCUT2D eigenvalue weighted by molar-refractivity contribution is 6.35. The maximum absolute atomic E-state index is 12.0. The average molecular weight is 266 g/mol. The maximum atomic E-state index is 12.0. The van der Waals surface area contributed by atoms with Gasteiger partial charge in [0.1, 0.15) is 0 Å². The van der Waals surface area contributed by atoms with Gasteiger partial charge in [0, 0.05) is 51.4 Å². The molecule has 2 heterocycles. The monoisotopic (exact) mass is 266 g/mol. The predicted molar refractivity (Wildman–Crippen MR) is 70.6 cm³/mol. The smallest absolute Gasteiger partial charge is 0.311 e. The van der Waals surface area contributed by atoms with Gasteiger partial charge in [-0.15, -0.1) is 0 Å². The van der Waals surface area contributed by atoms with Crippen molar-refractivity contribution in [2.45, 2.75) is 31.3 Å². The third kappa shape index (κ3) is 3.06. The van der Waals surface area contributed by atoms with E-state index in [1.165, 1.54) is 12.8 Å². The van der Waals surface area contributed by atoms with Crippen LogP contribution in [0.2, 0.25) is 0 Å². The van der Waals surface area contributed by atoms with Crippen LogP contribution in [0.5, 0.6) is 0 Å². The molecule has 106 valence electrons. The van der Waals surface area contributed by atoms with Gasteiger partial charge in [-0.25, -0.2) is 0 Å². The van der Waals surface area contributed by atoms with Gasteiger partial charge in [0.15, 0.2) is 0 Å². The highest BCUT2D eigenvalue weighted by Gasteiger charge is 2.35. The summed E-state index contributed by atoms with van der Waals surface area (Å²) in [4.78, 5) is 28.0. The Balaban J connectivity index is 1.46. The zero-order valence-corrected chi connectivity index (χ0v) is 11.2. The number of piperazine rings is 1. The van der Waals surface area contributed by atoms with Gasteiger partial charge in [-0.2, -0.15) is 0 Å². The molecule has 1 saturated carbocycles. The number of hydrogen-bond donors (Lipinski definition) is 2. The van der Waals surface area contributed by atoms with Crippen LogP contribution in [0.25, 0.3) is 0 Å². The number of hydrogen-bond acceptors (Lipinski definition) is 4. The number of nitrogens with one attached hydrogen (secondary N) is 2. The van der Waals surface area contributed by atoms with Gasteiger partial charge in [0.05, 0.1) is 0 Å². The second kappa shape index (κ2) is 5.46. The van der Waals surface area contributed by atoms with Crippen molar-refractivity contribution in [2.24, 2.45) is 0 Å². The summed E-state index contributed by atoms with van der Waals surface area (Å²) >= 11 is 0. The highest BCUT2D eigenvalue weighted by Crippen LogP contribution is 2.29. The zero-order valence-electron chi connectivity index (χ0n) is 11.2. The minimum Gasteiger partial charge on any atom is -0.344 e. The number of carbonyl (C=O) groups is 2. The first kappa shape index (κ1) is 12.9. The molecule has 2 aliphatic heterocycles. The largest absolute Gasteiger partial charge is 0.344 e. The Morgan fingerprint density at radius 1 is 1.05 bits per heavy atom. The summed E-state index contributed by atoms with van der Waals surface area (Å²) in [6.07, 6.45) is 3.55. The Bertz CT molecular complexity index is 364. The Morgan fingerprint density at radius 2 is 1.79 bits per heavy atom. The quantitative estimate of drug-likeness (QED) is 0.614. The molecule has 0 aromatic carbocycles. The first-order chi connectivity index (χ1) is 9.24. The second-order valence-corrected chi connectivity index (χ2v) is 5.73. The minimum absolute atomic E-state index is 0.153. The summed E-state index contributed by atoms with van der Waals surface area (Å²) in [6.45, 7) is 4.77. The zero-order chi connectivity index (χ0) is 13.2. The summed E-state index contributed by atoms with van der Waals surface area (Å²) in [5.41, 5.74) is 0. The van der Waals surface area contributed by atoms with Crippen LogP contribution in [-0.2, 0) is 9.59 Å². The Hall–Kier alpha value is -1.14. The molecule has 0 radical (unpaired) electrons. The molecule has 3 aliphatic rings. The predicted octanol–water partition coefficient (Wildman–Crippen LogP) is -1.23. The normalized spacial score (nSPS) is 28.4. The lowest BCUT2D eigenvalue weighted by Crippen LogP contribution is -2.52. The SMILES string of the molecule is O=C(NC1CCN(C2CC2)C1)C(=O)N1CCNCC1. The summed E-state index contributed by atoms with van der Waals surface area (Å²) in [6, 6.07) is 0.894. The van der Waals surface area contributed by atoms with Crippen LogP contribution in [0.4, 0.5) is 0 Å². The van der Waals surface area contributed by atoms with Crippen molar-refractivity contribution in [1.29, 1.82) is 0 Å². The van der Waals surface area contributed by atoms with Gasteiger partial charge in [0.2, 0.25) is 0 Å². The van der Waals surface area contributed by atoms with E-state index in [2.05, 4.69) is 15.5 Å². The Morgan fingerprint density at radius 3 is 2.47 bits per heavy atom. The lowest BCUT2D eigenvalue weighted by atomic mass is 10.2. The van der Waals surface area contributed by atoms with Crippen molar-refractivity contribution in [1.82, 2.24) is 20.4 Å². The summed E-state index contributed by atoms with van der Waals surface area (Å²) in [5, 5.41) is 6.07. The molecule has 2 amide bonds. The van der Waals surface area contributed by atoms with Crippen LogP contribution < -0.4 is 10.6 Å². The van der Waals surface area contributed by atoms with E-state index < -0.39 is 5.91 Å². The van der Waals surface area contributed by atoms with E-state index in [9.17, 15) is 9.59 Å². The third-order valence-corrected chi connectivity index (χ3v) is 4.22. The van der Waals surface area contributed by atoms with Crippen molar-refractivity contribution in [2.75, 3.05) is 39.3 Å². The molecular weight excluding hydrogens is 244 g/mol. The molecule has 1 unspecified atom stereocenters. The van der Waals surface area contributed by atoms with Crippen molar-refractivity contribution in [3.8, 4) is 0 Å². The van der Waals surface area contributed by atoms with E-state index in [0.717, 1.165) is 38.6 Å². The van der Waals surface area contributed by atoms with Gasteiger partial charge in [-0.05, 0) is 19.3 Å². The number of rotatable bonds is 2. The number of carbonyl (C=O) groups excluding carboxylic acids is 2. The first-order valence-corrected chi connectivity index (χ1v) is 7.28. The summed E-state index contributed by atoms with van der Waals surface area (Å²) < 4.78 is 0. The fraction of sp³-hybridized carbons (Fsp3) is 0.846. The van der Waals surface area contributed by atoms with E-state index in [0.29, 0.717) is 13.1 Å². The van der Waals surface area contributed by atoms with E-state index >= 15 is 0 Å². The molecule has 2 N–H and O–H groups in total. The molecule has 3 rings (SSSR count).